The number of aliphatic carboxylic acids is 1. The summed E-state index contributed by atoms with van der Waals surface area (Å²) < 4.78 is 5.41. The summed E-state index contributed by atoms with van der Waals surface area (Å²) >= 11 is 0. The van der Waals surface area contributed by atoms with Crippen LogP contribution in [0.4, 0.5) is 4.79 Å². The Morgan fingerprint density at radius 3 is 2.47 bits per heavy atom. The van der Waals surface area contributed by atoms with Crippen LogP contribution in [0.3, 0.4) is 0 Å². The molecule has 3 atom stereocenters. The molecule has 0 spiro atoms. The summed E-state index contributed by atoms with van der Waals surface area (Å²) in [4.78, 5) is 25.2. The number of carbonyl (C=O) groups excluding carboxylic acids is 1. The van der Waals surface area contributed by atoms with Crippen molar-refractivity contribution in [2.45, 2.75) is 58.1 Å². The van der Waals surface area contributed by atoms with Crippen LogP contribution in [0.2, 0.25) is 0 Å². The van der Waals surface area contributed by atoms with Crippen LogP contribution in [-0.2, 0) is 9.53 Å². The number of amides is 1. The first-order valence-corrected chi connectivity index (χ1v) is 7.02. The molecule has 1 heterocycles. The average Bonchev–Trinajstić information content (AvgIpc) is 2.69. The molecule has 5 nitrogen and oxygen atoms in total. The molecule has 0 aromatic rings. The van der Waals surface area contributed by atoms with Crippen LogP contribution in [0.5, 0.6) is 0 Å². The standard InChI is InChI=1S/C14H23NO4/c1-14(2,3)19-13(18)15-8-7-9-10(12(16)17)5-4-6-11(9)15/h9-11H,4-8H2,1-3H3,(H,16,17)/t9-,10+,11+/m0/s1. The van der Waals surface area contributed by atoms with E-state index < -0.39 is 11.6 Å². The summed E-state index contributed by atoms with van der Waals surface area (Å²) in [5, 5.41) is 9.26. The van der Waals surface area contributed by atoms with Crippen molar-refractivity contribution in [3.05, 3.63) is 0 Å². The second kappa shape index (κ2) is 5.02. The van der Waals surface area contributed by atoms with E-state index in [4.69, 9.17) is 4.74 Å². The van der Waals surface area contributed by atoms with Crippen LogP contribution in [0, 0.1) is 11.8 Å². The third-order valence-electron chi connectivity index (χ3n) is 4.07. The molecule has 0 aromatic heterocycles. The van der Waals surface area contributed by atoms with Crippen molar-refractivity contribution < 1.29 is 19.4 Å². The first-order valence-electron chi connectivity index (χ1n) is 7.02. The lowest BCUT2D eigenvalue weighted by atomic mass is 9.76. The van der Waals surface area contributed by atoms with Crippen LogP contribution in [0.15, 0.2) is 0 Å². The smallest absolute Gasteiger partial charge is 0.410 e. The number of carbonyl (C=O) groups is 2. The van der Waals surface area contributed by atoms with Gasteiger partial charge in [-0.3, -0.25) is 4.79 Å². The highest BCUT2D eigenvalue weighted by molar-refractivity contribution is 5.72. The Morgan fingerprint density at radius 1 is 1.21 bits per heavy atom. The van der Waals surface area contributed by atoms with Crippen LogP contribution in [0.1, 0.15) is 46.5 Å². The number of ether oxygens (including phenoxy) is 1. The van der Waals surface area contributed by atoms with E-state index in [1.165, 1.54) is 0 Å². The Kier molecular flexibility index (Phi) is 3.74. The van der Waals surface area contributed by atoms with Crippen molar-refractivity contribution in [2.24, 2.45) is 11.8 Å². The van der Waals surface area contributed by atoms with E-state index in [0.29, 0.717) is 6.54 Å². The maximum Gasteiger partial charge on any atom is 0.410 e. The van der Waals surface area contributed by atoms with Gasteiger partial charge in [-0.15, -0.1) is 0 Å². The molecule has 1 N–H and O–H groups in total. The van der Waals surface area contributed by atoms with Gasteiger partial charge in [-0.05, 0) is 46.0 Å². The second-order valence-electron chi connectivity index (χ2n) is 6.57. The highest BCUT2D eigenvalue weighted by atomic mass is 16.6. The Hall–Kier alpha value is -1.26. The lowest BCUT2D eigenvalue weighted by Gasteiger charge is -2.35. The molecule has 0 aromatic carbocycles. The second-order valence-corrected chi connectivity index (χ2v) is 6.57. The Morgan fingerprint density at radius 2 is 1.89 bits per heavy atom. The monoisotopic (exact) mass is 269 g/mol. The quantitative estimate of drug-likeness (QED) is 0.794. The largest absolute Gasteiger partial charge is 0.481 e. The highest BCUT2D eigenvalue weighted by Gasteiger charge is 2.46. The molecular weight excluding hydrogens is 246 g/mol. The van der Waals surface area contributed by atoms with Crippen molar-refractivity contribution in [3.63, 3.8) is 0 Å². The first kappa shape index (κ1) is 14.2. The van der Waals surface area contributed by atoms with E-state index in [1.54, 1.807) is 4.90 Å². The van der Waals surface area contributed by atoms with Gasteiger partial charge in [-0.2, -0.15) is 0 Å². The lowest BCUT2D eigenvalue weighted by molar-refractivity contribution is -0.145. The molecule has 1 aliphatic heterocycles. The number of rotatable bonds is 1. The van der Waals surface area contributed by atoms with Gasteiger partial charge in [0.15, 0.2) is 0 Å². The summed E-state index contributed by atoms with van der Waals surface area (Å²) in [5.74, 6) is -0.925. The minimum atomic E-state index is -0.722. The van der Waals surface area contributed by atoms with Crippen LogP contribution < -0.4 is 0 Å². The van der Waals surface area contributed by atoms with Gasteiger partial charge in [0.1, 0.15) is 5.60 Å². The predicted molar refractivity (Wildman–Crippen MR) is 69.8 cm³/mol. The van der Waals surface area contributed by atoms with Crippen LogP contribution in [-0.4, -0.2) is 40.3 Å². The number of carboxylic acids is 1. The SMILES string of the molecule is CC(C)(C)OC(=O)N1CC[C@@H]2[C@H]1CCC[C@H]2C(=O)O. The average molecular weight is 269 g/mol. The van der Waals surface area contributed by atoms with Gasteiger partial charge in [0, 0.05) is 12.6 Å². The molecule has 19 heavy (non-hydrogen) atoms. The number of hydrogen-bond acceptors (Lipinski definition) is 3. The fourth-order valence-corrected chi connectivity index (χ4v) is 3.33. The highest BCUT2D eigenvalue weighted by Crippen LogP contribution is 2.40. The number of hydrogen-bond donors (Lipinski definition) is 1. The van der Waals surface area contributed by atoms with Crippen molar-refractivity contribution in [1.29, 1.82) is 0 Å². The molecular formula is C14H23NO4. The van der Waals surface area contributed by atoms with Crippen molar-refractivity contribution in [1.82, 2.24) is 4.90 Å². The summed E-state index contributed by atoms with van der Waals surface area (Å²) in [7, 11) is 0. The first-order chi connectivity index (χ1) is 8.79. The zero-order valence-corrected chi connectivity index (χ0v) is 11.9. The predicted octanol–water partition coefficient (Wildman–Crippen LogP) is 2.50. The van der Waals surface area contributed by atoms with Gasteiger partial charge in [0.05, 0.1) is 5.92 Å². The molecule has 1 aliphatic carbocycles. The van der Waals surface area contributed by atoms with E-state index in [0.717, 1.165) is 25.7 Å². The van der Waals surface area contributed by atoms with Gasteiger partial charge in [0.2, 0.25) is 0 Å². The van der Waals surface area contributed by atoms with Gasteiger partial charge in [-0.1, -0.05) is 6.42 Å². The fraction of sp³-hybridized carbons (Fsp3) is 0.857. The summed E-state index contributed by atoms with van der Waals surface area (Å²) in [6.45, 7) is 6.16. The number of fused-ring (bicyclic) bond motifs is 1. The number of likely N-dealkylation sites (tertiary alicyclic amines) is 1. The van der Waals surface area contributed by atoms with E-state index >= 15 is 0 Å². The maximum absolute atomic E-state index is 12.1. The molecule has 1 saturated carbocycles. The molecule has 1 saturated heterocycles. The lowest BCUT2D eigenvalue weighted by Crippen LogP contribution is -2.45. The zero-order chi connectivity index (χ0) is 14.2. The minimum absolute atomic E-state index is 0.0460. The van der Waals surface area contributed by atoms with E-state index in [9.17, 15) is 14.7 Å². The molecule has 1 amide bonds. The molecule has 108 valence electrons. The van der Waals surface area contributed by atoms with Gasteiger partial charge >= 0.3 is 12.1 Å². The van der Waals surface area contributed by atoms with Gasteiger partial charge in [0.25, 0.3) is 0 Å². The van der Waals surface area contributed by atoms with Crippen molar-refractivity contribution in [3.8, 4) is 0 Å². The third-order valence-corrected chi connectivity index (χ3v) is 4.07. The van der Waals surface area contributed by atoms with Gasteiger partial charge < -0.3 is 14.7 Å². The van der Waals surface area contributed by atoms with E-state index in [1.807, 2.05) is 20.8 Å². The topological polar surface area (TPSA) is 66.8 Å². The molecule has 2 rings (SSSR count). The van der Waals surface area contributed by atoms with Crippen molar-refractivity contribution >= 4 is 12.1 Å². The van der Waals surface area contributed by atoms with E-state index in [-0.39, 0.29) is 24.0 Å². The Balaban J connectivity index is 2.06. The van der Waals surface area contributed by atoms with E-state index in [2.05, 4.69) is 0 Å². The summed E-state index contributed by atoms with van der Waals surface area (Å²) in [5.41, 5.74) is -0.504. The summed E-state index contributed by atoms with van der Waals surface area (Å²) in [6.07, 6.45) is 2.98. The van der Waals surface area contributed by atoms with Crippen molar-refractivity contribution in [2.75, 3.05) is 6.54 Å². The molecule has 0 radical (unpaired) electrons. The Labute approximate surface area is 113 Å². The molecule has 0 unspecified atom stereocenters. The van der Waals surface area contributed by atoms with Crippen LogP contribution >= 0.6 is 0 Å². The maximum atomic E-state index is 12.1. The summed E-state index contributed by atoms with van der Waals surface area (Å²) in [6, 6.07) is 0.0460. The number of nitrogens with zero attached hydrogens (tertiary/aromatic N) is 1. The number of carboxylic acid groups (broad SMARTS) is 1. The zero-order valence-electron chi connectivity index (χ0n) is 11.9. The fourth-order valence-electron chi connectivity index (χ4n) is 3.33. The van der Waals surface area contributed by atoms with Gasteiger partial charge in [-0.25, -0.2) is 4.79 Å². The molecule has 0 bridgehead atoms. The minimum Gasteiger partial charge on any atom is -0.481 e. The molecule has 2 aliphatic rings. The normalized spacial score (nSPS) is 30.9. The van der Waals surface area contributed by atoms with Crippen LogP contribution in [0.25, 0.3) is 0 Å². The molecule has 5 heteroatoms. The Bertz CT molecular complexity index is 374. The third kappa shape index (κ3) is 3.01. The molecule has 2 fully saturated rings.